The minimum atomic E-state index is 1.03. The van der Waals surface area contributed by atoms with Crippen LogP contribution in [0.2, 0.25) is 0 Å². The van der Waals surface area contributed by atoms with E-state index >= 15 is 0 Å². The van der Waals surface area contributed by atoms with Crippen LogP contribution < -0.4 is 0 Å². The zero-order valence-corrected chi connectivity index (χ0v) is 45.8. The van der Waals surface area contributed by atoms with Gasteiger partial charge in [-0.3, -0.25) is 0 Å². The highest BCUT2D eigenvalue weighted by Gasteiger charge is 2.18. The largest absolute Gasteiger partial charge is 0.340 e. The molecular weight excluding hydrogens is 921 g/mol. The fraction of sp³-hybridized carbons (Fsp3) is 0.333. The average molecular weight is 997 g/mol. The van der Waals surface area contributed by atoms with E-state index in [1.807, 2.05) is 0 Å². The maximum atomic E-state index is 2.62. The van der Waals surface area contributed by atoms with Crippen LogP contribution in [-0.2, 0) is 26.2 Å². The Morgan fingerprint density at radius 3 is 0.500 bits per heavy atom. The maximum absolute atomic E-state index is 2.62. The smallest absolute Gasteiger partial charge is 0.0491 e. The molecule has 384 valence electrons. The van der Waals surface area contributed by atoms with Crippen molar-refractivity contribution in [2.45, 2.75) is 157 Å². The predicted molar refractivity (Wildman–Crippen MR) is 334 cm³/mol. The van der Waals surface area contributed by atoms with Gasteiger partial charge in [-0.15, -0.1) is 0 Å². The van der Waals surface area contributed by atoms with Gasteiger partial charge in [0, 0.05) is 113 Å². The second-order valence-electron chi connectivity index (χ2n) is 22.7. The lowest BCUT2D eigenvalue weighted by Crippen LogP contribution is -1.97. The Morgan fingerprint density at radius 1 is 0.197 bits per heavy atom. The van der Waals surface area contributed by atoms with E-state index in [9.17, 15) is 0 Å². The highest BCUT2D eigenvalue weighted by molar-refractivity contribution is 6.19. The Morgan fingerprint density at radius 2 is 0.355 bits per heavy atom. The van der Waals surface area contributed by atoms with Crippen LogP contribution in [0.3, 0.4) is 0 Å². The van der Waals surface area contributed by atoms with Gasteiger partial charge in [-0.25, -0.2) is 0 Å². The molecule has 0 aliphatic heterocycles. The molecule has 16 bridgehead atoms. The number of nitrogens with zero attached hydrogens (tertiary/aromatic N) is 4. The Balaban J connectivity index is 1.12. The molecule has 13 rings (SSSR count). The van der Waals surface area contributed by atoms with Gasteiger partial charge < -0.3 is 18.3 Å². The summed E-state index contributed by atoms with van der Waals surface area (Å²) in [6.45, 7) is 13.4. The van der Waals surface area contributed by atoms with E-state index in [1.165, 1.54) is 233 Å². The maximum Gasteiger partial charge on any atom is 0.0491 e. The first-order valence-corrected chi connectivity index (χ1v) is 29.8. The highest BCUT2D eigenvalue weighted by atomic mass is 15.0. The summed E-state index contributed by atoms with van der Waals surface area (Å²) in [5.74, 6) is 0. The number of unbranched alkanes of at least 4 members (excludes halogenated alkanes) is 12. The van der Waals surface area contributed by atoms with Crippen LogP contribution in [-0.4, -0.2) is 18.3 Å². The molecule has 0 N–H and O–H groups in total. The van der Waals surface area contributed by atoms with Crippen molar-refractivity contribution >= 4 is 130 Å². The van der Waals surface area contributed by atoms with Crippen molar-refractivity contribution in [2.24, 2.45) is 0 Å². The molecule has 0 spiro atoms. The number of rotatable bonds is 20. The lowest BCUT2D eigenvalue weighted by atomic mass is 10.0. The summed E-state index contributed by atoms with van der Waals surface area (Å²) in [5.41, 5.74) is 10.7. The quantitative estimate of drug-likeness (QED) is 0.0678. The van der Waals surface area contributed by atoms with Gasteiger partial charge in [0.05, 0.1) is 0 Å². The van der Waals surface area contributed by atoms with E-state index in [0.29, 0.717) is 0 Å². The van der Waals surface area contributed by atoms with Crippen LogP contribution in [0.1, 0.15) is 130 Å². The lowest BCUT2D eigenvalue weighted by molar-refractivity contribution is 0.602. The van der Waals surface area contributed by atoms with Gasteiger partial charge in [0.15, 0.2) is 0 Å². The summed E-state index contributed by atoms with van der Waals surface area (Å²) in [5, 5.41) is 21.0. The Hall–Kier alpha value is -7.04. The molecule has 9 aromatic carbocycles. The van der Waals surface area contributed by atoms with Gasteiger partial charge >= 0.3 is 0 Å². The monoisotopic (exact) mass is 997 g/mol. The molecule has 0 fully saturated rings. The lowest BCUT2D eigenvalue weighted by Gasteiger charge is -2.08. The van der Waals surface area contributed by atoms with Crippen molar-refractivity contribution < 1.29 is 0 Å². The molecule has 0 unspecified atom stereocenters. The average Bonchev–Trinajstić information content (AvgIpc) is 4.20. The first kappa shape index (κ1) is 48.6. The minimum absolute atomic E-state index is 1.03. The van der Waals surface area contributed by atoms with Gasteiger partial charge in [0.2, 0.25) is 0 Å². The zero-order valence-electron chi connectivity index (χ0n) is 45.8. The minimum Gasteiger partial charge on any atom is -0.340 e. The fourth-order valence-corrected chi connectivity index (χ4v) is 13.6. The summed E-state index contributed by atoms with van der Waals surface area (Å²) in [4.78, 5) is 0. The van der Waals surface area contributed by atoms with Crippen LogP contribution in [0.4, 0.5) is 0 Å². The van der Waals surface area contributed by atoms with Crippen LogP contribution in [0.25, 0.3) is 130 Å². The second-order valence-corrected chi connectivity index (χ2v) is 22.7. The van der Waals surface area contributed by atoms with Crippen molar-refractivity contribution in [1.82, 2.24) is 18.3 Å². The van der Waals surface area contributed by atoms with E-state index in [0.717, 1.165) is 26.2 Å². The number of hydrogen-bond donors (Lipinski definition) is 0. The van der Waals surface area contributed by atoms with Crippen molar-refractivity contribution in [3.8, 4) is 0 Å². The standard InChI is InChI=1S/C72H76N4/c1-5-9-13-17-37-73-65-29-21-49-41-57(65)58-42-50(22-30-66(58)73)52-24-32-68-60(44-52)62-46-54(26-34-70(62)75(68)39-19-15-11-7-3)56-28-36-72-64(48-56)63-47-55(27-35-71(63)76(72)40-20-16-12-8-4)53-25-33-69-61(45-53)59-43-51(49)23-31-67(59)74(69)38-18-14-10-6-2/h21-36,41-48H,5-20,37-40H2,1-4H3. The number of hydrogen-bond acceptors (Lipinski definition) is 0. The van der Waals surface area contributed by atoms with Crippen LogP contribution in [0.15, 0.2) is 146 Å². The third kappa shape index (κ3) is 8.52. The molecule has 4 nitrogen and oxygen atoms in total. The van der Waals surface area contributed by atoms with Gasteiger partial charge in [-0.2, -0.15) is 0 Å². The molecule has 0 aliphatic carbocycles. The molecule has 76 heavy (non-hydrogen) atoms. The summed E-state index contributed by atoms with van der Waals surface area (Å²) in [6, 6.07) is 58.6. The second kappa shape index (κ2) is 20.8. The first-order valence-electron chi connectivity index (χ1n) is 29.8. The van der Waals surface area contributed by atoms with E-state index in [2.05, 4.69) is 192 Å². The third-order valence-electron chi connectivity index (χ3n) is 17.7. The molecule has 0 radical (unpaired) electrons. The van der Waals surface area contributed by atoms with Crippen molar-refractivity contribution in [3.05, 3.63) is 146 Å². The Bertz CT molecular complexity index is 3550. The summed E-state index contributed by atoms with van der Waals surface area (Å²) < 4.78 is 10.5. The van der Waals surface area contributed by atoms with Crippen molar-refractivity contribution in [1.29, 1.82) is 0 Å². The van der Waals surface area contributed by atoms with Gasteiger partial charge in [0.25, 0.3) is 0 Å². The van der Waals surface area contributed by atoms with Crippen molar-refractivity contribution in [2.75, 3.05) is 0 Å². The molecule has 0 saturated heterocycles. The summed E-state index contributed by atoms with van der Waals surface area (Å²) >= 11 is 0. The molecule has 4 aromatic heterocycles. The molecule has 4 heteroatoms. The molecular formula is C72H76N4. The molecule has 0 saturated carbocycles. The summed E-state index contributed by atoms with van der Waals surface area (Å²) in [6.07, 6.45) is 19.9. The van der Waals surface area contributed by atoms with E-state index in [-0.39, 0.29) is 0 Å². The number of aryl methyl sites for hydroxylation is 4. The topological polar surface area (TPSA) is 19.7 Å². The highest BCUT2D eigenvalue weighted by Crippen LogP contribution is 2.40. The Kier molecular flexibility index (Phi) is 13.3. The summed E-state index contributed by atoms with van der Waals surface area (Å²) in [7, 11) is 0. The van der Waals surface area contributed by atoms with E-state index in [1.54, 1.807) is 0 Å². The van der Waals surface area contributed by atoms with Crippen LogP contribution >= 0.6 is 0 Å². The van der Waals surface area contributed by atoms with Crippen molar-refractivity contribution in [3.63, 3.8) is 0 Å². The number of fused-ring (bicyclic) bond motifs is 12. The SMILES string of the molecule is CCCCCCn1c2ccc3cc2c2cc(ccc21)c1ccc2c(c1)c1cc(ccc1n2CCCCCC)c1ccc2c(c1)c1cc(ccc1n2CCCCCC)c1ccc2c(c1)c1cc3ccc1n2CCCCCC. The van der Waals surface area contributed by atoms with Crippen LogP contribution in [0.5, 0.6) is 0 Å². The molecule has 0 amide bonds. The molecule has 4 heterocycles. The normalized spacial score (nSPS) is 12.5. The van der Waals surface area contributed by atoms with Gasteiger partial charge in [-0.05, 0) is 166 Å². The van der Waals surface area contributed by atoms with E-state index in [4.69, 9.17) is 0 Å². The molecule has 0 atom stereocenters. The van der Waals surface area contributed by atoms with E-state index < -0.39 is 0 Å². The van der Waals surface area contributed by atoms with Crippen LogP contribution in [0, 0.1) is 0 Å². The number of benzene rings is 8. The first-order chi connectivity index (χ1) is 37.5. The van der Waals surface area contributed by atoms with Gasteiger partial charge in [0.1, 0.15) is 0 Å². The molecule has 13 aromatic rings. The predicted octanol–water partition coefficient (Wildman–Crippen LogP) is 21.6. The Labute approximate surface area is 448 Å². The zero-order chi connectivity index (χ0) is 51.3. The molecule has 0 aliphatic rings. The van der Waals surface area contributed by atoms with Gasteiger partial charge in [-0.1, -0.05) is 153 Å². The fourth-order valence-electron chi connectivity index (χ4n) is 13.6. The third-order valence-corrected chi connectivity index (χ3v) is 17.7. The number of aromatic nitrogens is 4.